The summed E-state index contributed by atoms with van der Waals surface area (Å²) in [5.41, 5.74) is 1.33. The fourth-order valence-electron chi connectivity index (χ4n) is 4.09. The van der Waals surface area contributed by atoms with Crippen molar-refractivity contribution in [2.75, 3.05) is 11.5 Å². The number of carbonyl (C=O) groups is 3. The van der Waals surface area contributed by atoms with Gasteiger partial charge in [0.1, 0.15) is 6.04 Å². The van der Waals surface area contributed by atoms with Gasteiger partial charge in [0.15, 0.2) is 0 Å². The van der Waals surface area contributed by atoms with Gasteiger partial charge >= 0.3 is 18.3 Å². The Bertz CT molecular complexity index is 1230. The summed E-state index contributed by atoms with van der Waals surface area (Å²) in [4.78, 5) is 51.6. The number of rotatable bonds is 4. The van der Waals surface area contributed by atoms with E-state index in [0.29, 0.717) is 40.5 Å². The van der Waals surface area contributed by atoms with E-state index >= 15 is 0 Å². The van der Waals surface area contributed by atoms with Crippen molar-refractivity contribution < 1.29 is 41.9 Å². The molecule has 2 aromatic carbocycles. The van der Waals surface area contributed by atoms with Gasteiger partial charge in [-0.25, -0.2) is 4.79 Å². The SMILES string of the molecule is C.CCOC(=O)[C@H]1CCC(=O)N1.CC[C@H]1CCC(=O)N1c1cc(C)cc(Cl)c1.FC(F)(F)c1cc(Cl)cc(I)c1.O=C=O. The highest BCUT2D eigenvalue weighted by molar-refractivity contribution is 14.1. The molecule has 0 spiro atoms. The fourth-order valence-corrected chi connectivity index (χ4v) is 5.47. The number of nitrogens with zero attached hydrogens (tertiary/aromatic N) is 1. The summed E-state index contributed by atoms with van der Waals surface area (Å²) in [6.45, 7) is 6.23. The van der Waals surface area contributed by atoms with Crippen molar-refractivity contribution in [3.63, 3.8) is 0 Å². The van der Waals surface area contributed by atoms with Crippen molar-refractivity contribution in [3.05, 3.63) is 61.1 Å². The molecule has 8 nitrogen and oxygen atoms in total. The third-order valence-corrected chi connectivity index (χ3v) is 6.92. The zero-order valence-corrected chi connectivity index (χ0v) is 26.7. The van der Waals surface area contributed by atoms with E-state index in [-0.39, 0.29) is 36.4 Å². The normalized spacial score (nSPS) is 17.0. The number of anilines is 1. The van der Waals surface area contributed by atoms with E-state index in [1.165, 1.54) is 6.07 Å². The molecule has 14 heteroatoms. The van der Waals surface area contributed by atoms with Gasteiger partial charge in [-0.2, -0.15) is 22.8 Å². The van der Waals surface area contributed by atoms with Crippen LogP contribution in [-0.2, 0) is 34.9 Å². The van der Waals surface area contributed by atoms with Crippen LogP contribution in [0.3, 0.4) is 0 Å². The Morgan fingerprint density at radius 3 is 2.12 bits per heavy atom. The van der Waals surface area contributed by atoms with Crippen molar-refractivity contribution >= 4 is 75.4 Å². The van der Waals surface area contributed by atoms with Crippen molar-refractivity contribution in [1.82, 2.24) is 5.32 Å². The first-order valence-electron chi connectivity index (χ1n) is 12.7. The van der Waals surface area contributed by atoms with E-state index in [0.717, 1.165) is 36.2 Å². The van der Waals surface area contributed by atoms with Crippen LogP contribution in [0.1, 0.15) is 64.5 Å². The smallest absolute Gasteiger partial charge is 0.416 e. The molecule has 2 aromatic rings. The quantitative estimate of drug-likeness (QED) is 0.257. The Balaban J connectivity index is 0.000000592. The number of esters is 1. The molecule has 43 heavy (non-hydrogen) atoms. The first kappa shape index (κ1) is 40.3. The molecule has 1 N–H and O–H groups in total. The number of ether oxygens (including phenoxy) is 1. The molecule has 0 unspecified atom stereocenters. The third kappa shape index (κ3) is 14.1. The molecule has 0 bridgehead atoms. The number of hydrogen-bond acceptors (Lipinski definition) is 6. The van der Waals surface area contributed by atoms with Gasteiger partial charge in [0.25, 0.3) is 0 Å². The zero-order valence-electron chi connectivity index (χ0n) is 23.0. The Labute approximate surface area is 272 Å². The Morgan fingerprint density at radius 1 is 1.05 bits per heavy atom. The molecule has 2 atom stereocenters. The molecule has 0 saturated carbocycles. The monoisotopic (exact) mass is 760 g/mol. The summed E-state index contributed by atoms with van der Waals surface area (Å²) in [6, 6.07) is 9.17. The van der Waals surface area contributed by atoms with Crippen molar-refractivity contribution in [3.8, 4) is 0 Å². The van der Waals surface area contributed by atoms with Crippen LogP contribution in [-0.4, -0.2) is 42.6 Å². The van der Waals surface area contributed by atoms with Crippen molar-refractivity contribution in [2.45, 2.75) is 78.6 Å². The number of nitrogens with one attached hydrogen (secondary N) is 1. The molecular weight excluding hydrogens is 727 g/mol. The van der Waals surface area contributed by atoms with Gasteiger partial charge in [-0.15, -0.1) is 0 Å². The molecule has 0 aliphatic carbocycles. The number of alkyl halides is 3. The molecule has 0 aromatic heterocycles. The standard InChI is InChI=1S/C13H16ClNO.C7H3ClF3I.C7H11NO3.CO2.CH4/c1-3-11-4-5-13(16)15(11)12-7-9(2)6-10(14)8-12;8-5-1-4(7(9,10)11)2-6(12)3-5;1-2-11-7(10)5-3-4-6(9)8-5;2-1-3;/h6-8,11H,3-5H2,1-2H3;1-3H;5H,2-4H2,1H3,(H,8,9);;1H4/t11-;;5-;;/m0.1../s1. The summed E-state index contributed by atoms with van der Waals surface area (Å²) < 4.78 is 41.5. The predicted octanol–water partition coefficient (Wildman–Crippen LogP) is 7.40. The highest BCUT2D eigenvalue weighted by Gasteiger charge is 2.32. The van der Waals surface area contributed by atoms with Gasteiger partial charge in [-0.05, 0) is 97.7 Å². The van der Waals surface area contributed by atoms with Crippen LogP contribution in [0, 0.1) is 10.5 Å². The Morgan fingerprint density at radius 2 is 1.65 bits per heavy atom. The Hall–Kier alpha value is -2.67. The van der Waals surface area contributed by atoms with E-state index in [1.807, 2.05) is 30.0 Å². The molecule has 238 valence electrons. The second kappa shape index (κ2) is 19.6. The third-order valence-electron chi connectivity index (χ3n) is 5.86. The van der Waals surface area contributed by atoms with Gasteiger partial charge in [0, 0.05) is 38.2 Å². The molecule has 2 aliphatic rings. The first-order chi connectivity index (χ1) is 19.7. The topological polar surface area (TPSA) is 110 Å². The van der Waals surface area contributed by atoms with Crippen molar-refractivity contribution in [2.24, 2.45) is 0 Å². The predicted molar refractivity (Wildman–Crippen MR) is 166 cm³/mol. The summed E-state index contributed by atoms with van der Waals surface area (Å²) in [7, 11) is 0. The minimum absolute atomic E-state index is 0. The lowest BCUT2D eigenvalue weighted by Crippen LogP contribution is -2.34. The average Bonchev–Trinajstić information content (AvgIpc) is 3.49. The van der Waals surface area contributed by atoms with Gasteiger partial charge in [0.2, 0.25) is 11.8 Å². The van der Waals surface area contributed by atoms with E-state index < -0.39 is 17.8 Å². The zero-order chi connectivity index (χ0) is 32.0. The van der Waals surface area contributed by atoms with Gasteiger partial charge < -0.3 is 15.0 Å². The van der Waals surface area contributed by atoms with E-state index in [1.54, 1.807) is 29.5 Å². The van der Waals surface area contributed by atoms with Crippen LogP contribution in [0.5, 0.6) is 0 Å². The second-order valence-electron chi connectivity index (χ2n) is 9.00. The minimum Gasteiger partial charge on any atom is -0.464 e. The number of benzene rings is 2. The number of carbonyl (C=O) groups excluding carboxylic acids is 5. The number of halogens is 6. The maximum atomic E-state index is 12.1. The van der Waals surface area contributed by atoms with Gasteiger partial charge in [0.05, 0.1) is 12.2 Å². The lowest BCUT2D eigenvalue weighted by molar-refractivity contribution is -0.191. The molecule has 2 saturated heterocycles. The molecule has 0 radical (unpaired) electrons. The number of amides is 2. The number of aryl methyl sites for hydroxylation is 1. The lowest BCUT2D eigenvalue weighted by atomic mass is 10.1. The van der Waals surface area contributed by atoms with Crippen LogP contribution in [0.25, 0.3) is 0 Å². The summed E-state index contributed by atoms with van der Waals surface area (Å²) in [6.07, 6.45) is -0.450. The van der Waals surface area contributed by atoms with Crippen LogP contribution >= 0.6 is 45.8 Å². The maximum absolute atomic E-state index is 12.1. The highest BCUT2D eigenvalue weighted by atomic mass is 127. The van der Waals surface area contributed by atoms with Gasteiger partial charge in [-0.3, -0.25) is 9.59 Å². The van der Waals surface area contributed by atoms with Crippen LogP contribution < -0.4 is 10.2 Å². The van der Waals surface area contributed by atoms with Crippen LogP contribution in [0.15, 0.2) is 36.4 Å². The van der Waals surface area contributed by atoms with Gasteiger partial charge in [-0.1, -0.05) is 37.6 Å². The molecule has 2 amide bonds. The molecule has 2 fully saturated rings. The average molecular weight is 761 g/mol. The Kier molecular flexibility index (Phi) is 18.4. The molecule has 4 rings (SSSR count). The van der Waals surface area contributed by atoms with E-state index in [9.17, 15) is 27.6 Å². The largest absolute Gasteiger partial charge is 0.464 e. The minimum atomic E-state index is -4.31. The molecule has 2 heterocycles. The van der Waals surface area contributed by atoms with Crippen LogP contribution in [0.2, 0.25) is 10.0 Å². The summed E-state index contributed by atoms with van der Waals surface area (Å²) in [5, 5.41) is 3.33. The number of hydrogen-bond donors (Lipinski definition) is 1. The van der Waals surface area contributed by atoms with E-state index in [2.05, 4.69) is 12.2 Å². The fraction of sp³-hybridized carbons (Fsp3) is 0.448. The van der Waals surface area contributed by atoms with Crippen molar-refractivity contribution in [1.29, 1.82) is 0 Å². The van der Waals surface area contributed by atoms with E-state index in [4.69, 9.17) is 37.5 Å². The molecular formula is C29H34Cl2F3IN2O6. The maximum Gasteiger partial charge on any atom is 0.416 e. The summed E-state index contributed by atoms with van der Waals surface area (Å²) >= 11 is 13.3. The van der Waals surface area contributed by atoms with Crippen LogP contribution in [0.4, 0.5) is 18.9 Å². The highest BCUT2D eigenvalue weighted by Crippen LogP contribution is 2.32. The first-order valence-corrected chi connectivity index (χ1v) is 14.6. The second-order valence-corrected chi connectivity index (χ2v) is 11.1. The molecule has 2 aliphatic heterocycles. The summed E-state index contributed by atoms with van der Waals surface area (Å²) in [5.74, 6) is -0.171. The lowest BCUT2D eigenvalue weighted by Gasteiger charge is -2.24.